The van der Waals surface area contributed by atoms with E-state index in [1.807, 2.05) is 29.2 Å². The van der Waals surface area contributed by atoms with Crippen LogP contribution in [0, 0.1) is 0 Å². The number of nitrogens with zero attached hydrogens (tertiary/aromatic N) is 3. The Morgan fingerprint density at radius 3 is 2.52 bits per heavy atom. The highest BCUT2D eigenvalue weighted by Gasteiger charge is 2.18. The summed E-state index contributed by atoms with van der Waals surface area (Å²) in [5.41, 5.74) is 1.54. The Morgan fingerprint density at radius 2 is 1.84 bits per heavy atom. The second-order valence-corrected chi connectivity index (χ2v) is 6.17. The minimum atomic E-state index is -0.00297. The fourth-order valence-corrected chi connectivity index (χ4v) is 2.92. The molecule has 1 fully saturated rings. The van der Waals surface area contributed by atoms with E-state index in [0.717, 1.165) is 37.2 Å². The number of rotatable bonds is 5. The smallest absolute Gasteiger partial charge is 0.272 e. The molecule has 25 heavy (non-hydrogen) atoms. The number of likely N-dealkylation sites (tertiary alicyclic amines) is 1. The lowest BCUT2D eigenvalue weighted by molar-refractivity contribution is 0.0755. The van der Waals surface area contributed by atoms with E-state index in [-0.39, 0.29) is 5.91 Å². The molecule has 3 rings (SSSR count). The summed E-state index contributed by atoms with van der Waals surface area (Å²) < 4.78 is 5.15. The van der Waals surface area contributed by atoms with Crippen LogP contribution in [0.4, 0.5) is 5.95 Å². The molecule has 6 nitrogen and oxygen atoms in total. The molecular formula is C19H24N4O2. The average Bonchev–Trinajstić information content (AvgIpc) is 2.96. The monoisotopic (exact) mass is 340 g/mol. The first-order chi connectivity index (χ1) is 12.3. The van der Waals surface area contributed by atoms with Crippen molar-refractivity contribution in [1.82, 2.24) is 14.9 Å². The van der Waals surface area contributed by atoms with Crippen molar-refractivity contribution in [2.75, 3.05) is 25.5 Å². The van der Waals surface area contributed by atoms with Crippen molar-refractivity contribution in [2.45, 2.75) is 32.2 Å². The van der Waals surface area contributed by atoms with Gasteiger partial charge < -0.3 is 15.0 Å². The van der Waals surface area contributed by atoms with Gasteiger partial charge in [-0.3, -0.25) is 4.79 Å². The molecule has 1 saturated heterocycles. The zero-order chi connectivity index (χ0) is 17.5. The van der Waals surface area contributed by atoms with Crippen molar-refractivity contribution in [1.29, 1.82) is 0 Å². The first-order valence-electron chi connectivity index (χ1n) is 8.75. The molecule has 6 heteroatoms. The van der Waals surface area contributed by atoms with Gasteiger partial charge in [0.15, 0.2) is 0 Å². The molecule has 0 unspecified atom stereocenters. The quantitative estimate of drug-likeness (QED) is 0.906. The third kappa shape index (κ3) is 4.68. The first-order valence-corrected chi connectivity index (χ1v) is 8.75. The fourth-order valence-electron chi connectivity index (χ4n) is 2.92. The Morgan fingerprint density at radius 1 is 1.12 bits per heavy atom. The van der Waals surface area contributed by atoms with Crippen LogP contribution in [0.25, 0.3) is 0 Å². The van der Waals surface area contributed by atoms with Crippen LogP contribution in [0.2, 0.25) is 0 Å². The van der Waals surface area contributed by atoms with Gasteiger partial charge in [-0.1, -0.05) is 25.0 Å². The highest BCUT2D eigenvalue weighted by atomic mass is 16.5. The zero-order valence-corrected chi connectivity index (χ0v) is 14.6. The van der Waals surface area contributed by atoms with E-state index in [1.54, 1.807) is 19.4 Å². The lowest BCUT2D eigenvalue weighted by Gasteiger charge is -2.19. The fraction of sp³-hybridized carbons (Fsp3) is 0.421. The molecule has 0 spiro atoms. The van der Waals surface area contributed by atoms with Gasteiger partial charge >= 0.3 is 0 Å². The van der Waals surface area contributed by atoms with Crippen molar-refractivity contribution < 1.29 is 9.53 Å². The average molecular weight is 340 g/mol. The second kappa shape index (κ2) is 8.46. The Kier molecular flexibility index (Phi) is 5.82. The first kappa shape index (κ1) is 17.2. The second-order valence-electron chi connectivity index (χ2n) is 6.17. The molecule has 1 aromatic carbocycles. The maximum atomic E-state index is 12.6. The number of ether oxygens (including phenoxy) is 1. The molecule has 132 valence electrons. The third-order valence-electron chi connectivity index (χ3n) is 4.38. The number of aromatic nitrogens is 2. The Hall–Kier alpha value is -2.63. The van der Waals surface area contributed by atoms with Crippen molar-refractivity contribution >= 4 is 11.9 Å². The van der Waals surface area contributed by atoms with E-state index in [4.69, 9.17) is 4.74 Å². The van der Waals surface area contributed by atoms with Crippen LogP contribution in [0.5, 0.6) is 5.75 Å². The highest BCUT2D eigenvalue weighted by Crippen LogP contribution is 2.14. The van der Waals surface area contributed by atoms with Crippen LogP contribution in [-0.2, 0) is 6.54 Å². The van der Waals surface area contributed by atoms with E-state index in [1.165, 1.54) is 12.8 Å². The van der Waals surface area contributed by atoms with Gasteiger partial charge in [-0.15, -0.1) is 0 Å². The number of amides is 1. The molecule has 0 aliphatic carbocycles. The number of hydrogen-bond donors (Lipinski definition) is 1. The molecule has 1 aliphatic heterocycles. The summed E-state index contributed by atoms with van der Waals surface area (Å²) in [7, 11) is 1.65. The number of carbonyl (C=O) groups excluding carboxylic acids is 1. The molecule has 0 radical (unpaired) electrons. The number of benzene rings is 1. The third-order valence-corrected chi connectivity index (χ3v) is 4.38. The summed E-state index contributed by atoms with van der Waals surface area (Å²) in [6.07, 6.45) is 6.16. The minimum Gasteiger partial charge on any atom is -0.497 e. The van der Waals surface area contributed by atoms with Crippen LogP contribution in [0.3, 0.4) is 0 Å². The topological polar surface area (TPSA) is 67.3 Å². The van der Waals surface area contributed by atoms with E-state index >= 15 is 0 Å². The summed E-state index contributed by atoms with van der Waals surface area (Å²) in [6, 6.07) is 9.48. The number of hydrogen-bond acceptors (Lipinski definition) is 5. The Balaban J connectivity index is 1.63. The van der Waals surface area contributed by atoms with Crippen LogP contribution < -0.4 is 10.1 Å². The summed E-state index contributed by atoms with van der Waals surface area (Å²) in [5.74, 6) is 1.29. The molecule has 2 heterocycles. The van der Waals surface area contributed by atoms with E-state index in [2.05, 4.69) is 15.3 Å². The van der Waals surface area contributed by atoms with Gasteiger partial charge in [-0.2, -0.15) is 0 Å². The molecule has 0 saturated carbocycles. The molecule has 1 aliphatic rings. The van der Waals surface area contributed by atoms with Crippen LogP contribution in [0.1, 0.15) is 41.7 Å². The summed E-state index contributed by atoms with van der Waals surface area (Å²) in [5, 5.41) is 3.18. The summed E-state index contributed by atoms with van der Waals surface area (Å²) >= 11 is 0. The van der Waals surface area contributed by atoms with Crippen molar-refractivity contribution in [3.05, 3.63) is 47.8 Å². The lowest BCUT2D eigenvalue weighted by Crippen LogP contribution is -2.32. The zero-order valence-electron chi connectivity index (χ0n) is 14.6. The molecular weight excluding hydrogens is 316 g/mol. The van der Waals surface area contributed by atoms with Gasteiger partial charge in [0.2, 0.25) is 5.95 Å². The van der Waals surface area contributed by atoms with Crippen molar-refractivity contribution in [3.8, 4) is 5.75 Å². The van der Waals surface area contributed by atoms with E-state index in [0.29, 0.717) is 18.2 Å². The number of nitrogens with one attached hydrogen (secondary N) is 1. The lowest BCUT2D eigenvalue weighted by atomic mass is 10.2. The predicted octanol–water partition coefficient (Wildman–Crippen LogP) is 3.11. The molecule has 1 amide bonds. The normalized spacial score (nSPS) is 14.7. The SMILES string of the molecule is COc1ccc(CNc2nccc(C(=O)N3CCCCCC3)n2)cc1. The molecule has 1 N–H and O–H groups in total. The maximum Gasteiger partial charge on any atom is 0.272 e. The van der Waals surface area contributed by atoms with Gasteiger partial charge in [-0.25, -0.2) is 9.97 Å². The van der Waals surface area contributed by atoms with Crippen LogP contribution in [-0.4, -0.2) is 41.0 Å². The Bertz CT molecular complexity index is 695. The van der Waals surface area contributed by atoms with Gasteiger partial charge in [0.25, 0.3) is 5.91 Å². The molecule has 0 bridgehead atoms. The van der Waals surface area contributed by atoms with Gasteiger partial charge in [0.05, 0.1) is 7.11 Å². The van der Waals surface area contributed by atoms with E-state index < -0.39 is 0 Å². The summed E-state index contributed by atoms with van der Waals surface area (Å²) in [4.78, 5) is 23.2. The largest absolute Gasteiger partial charge is 0.497 e. The van der Waals surface area contributed by atoms with E-state index in [9.17, 15) is 4.79 Å². The predicted molar refractivity (Wildman–Crippen MR) is 96.7 cm³/mol. The number of carbonyl (C=O) groups is 1. The molecule has 1 aromatic heterocycles. The molecule has 2 aromatic rings. The van der Waals surface area contributed by atoms with Gasteiger partial charge in [0, 0.05) is 25.8 Å². The highest BCUT2D eigenvalue weighted by molar-refractivity contribution is 5.92. The van der Waals surface area contributed by atoms with Crippen LogP contribution in [0.15, 0.2) is 36.5 Å². The standard InChI is InChI=1S/C19H24N4O2/c1-25-16-8-6-15(7-9-16)14-21-19-20-11-10-17(22-19)18(24)23-12-4-2-3-5-13-23/h6-11H,2-5,12-14H2,1H3,(H,20,21,22). The van der Waals surface area contributed by atoms with Crippen molar-refractivity contribution in [2.24, 2.45) is 0 Å². The molecule has 0 atom stereocenters. The van der Waals surface area contributed by atoms with Crippen LogP contribution >= 0.6 is 0 Å². The van der Waals surface area contributed by atoms with Gasteiger partial charge in [-0.05, 0) is 36.6 Å². The number of anilines is 1. The minimum absolute atomic E-state index is 0.00297. The summed E-state index contributed by atoms with van der Waals surface area (Å²) in [6.45, 7) is 2.22. The van der Waals surface area contributed by atoms with Gasteiger partial charge in [0.1, 0.15) is 11.4 Å². The number of methoxy groups -OCH3 is 1. The van der Waals surface area contributed by atoms with Crippen molar-refractivity contribution in [3.63, 3.8) is 0 Å². The maximum absolute atomic E-state index is 12.6. The Labute approximate surface area is 148 Å².